The van der Waals surface area contributed by atoms with E-state index in [1.165, 1.54) is 7.11 Å². The quantitative estimate of drug-likeness (QED) is 0.479. The molecular formula is C23H21N3O4. The van der Waals surface area contributed by atoms with Crippen LogP contribution in [0, 0.1) is 0 Å². The van der Waals surface area contributed by atoms with Gasteiger partial charge in [-0.3, -0.25) is 0 Å². The molecule has 0 atom stereocenters. The largest absolute Gasteiger partial charge is 0.489 e. The molecule has 0 fully saturated rings. The predicted octanol–water partition coefficient (Wildman–Crippen LogP) is 4.03. The van der Waals surface area contributed by atoms with E-state index in [4.69, 9.17) is 13.9 Å². The zero-order valence-electron chi connectivity index (χ0n) is 16.4. The second-order valence-corrected chi connectivity index (χ2v) is 6.57. The third-order valence-corrected chi connectivity index (χ3v) is 4.48. The number of benzene rings is 3. The molecule has 0 aliphatic heterocycles. The minimum atomic E-state index is -0.595. The molecule has 0 radical (unpaired) electrons. The van der Waals surface area contributed by atoms with E-state index >= 15 is 0 Å². The fourth-order valence-electron chi connectivity index (χ4n) is 2.88. The van der Waals surface area contributed by atoms with Crippen LogP contribution in [0.15, 0.2) is 88.1 Å². The molecule has 7 nitrogen and oxygen atoms in total. The van der Waals surface area contributed by atoms with Gasteiger partial charge in [0.25, 0.3) is 0 Å². The van der Waals surface area contributed by atoms with Crippen molar-refractivity contribution >= 4 is 5.69 Å². The maximum Gasteiger partial charge on any atom is 0.444 e. The number of hydrogen-bond acceptors (Lipinski definition) is 6. The van der Waals surface area contributed by atoms with E-state index in [0.29, 0.717) is 18.8 Å². The van der Waals surface area contributed by atoms with Crippen LogP contribution in [0.3, 0.4) is 0 Å². The lowest BCUT2D eigenvalue weighted by Gasteiger charge is -2.09. The zero-order valence-corrected chi connectivity index (χ0v) is 16.4. The van der Waals surface area contributed by atoms with Crippen molar-refractivity contribution in [2.24, 2.45) is 0 Å². The van der Waals surface area contributed by atoms with Crippen molar-refractivity contribution < 1.29 is 13.9 Å². The molecule has 4 aromatic rings. The molecule has 152 valence electrons. The average Bonchev–Trinajstić information content (AvgIpc) is 3.19. The second kappa shape index (κ2) is 9.00. The molecule has 0 saturated carbocycles. The molecular weight excluding hydrogens is 382 g/mol. The van der Waals surface area contributed by atoms with E-state index in [-0.39, 0.29) is 6.08 Å². The zero-order chi connectivity index (χ0) is 20.8. The first-order valence-electron chi connectivity index (χ1n) is 9.45. The van der Waals surface area contributed by atoms with Gasteiger partial charge in [0.05, 0.1) is 12.8 Å². The Labute approximate surface area is 173 Å². The van der Waals surface area contributed by atoms with Crippen molar-refractivity contribution in [1.82, 2.24) is 9.78 Å². The minimum absolute atomic E-state index is 0.0709. The van der Waals surface area contributed by atoms with Crippen LogP contribution in [0.25, 0.3) is 5.69 Å². The van der Waals surface area contributed by atoms with Gasteiger partial charge in [-0.05, 0) is 47.5 Å². The van der Waals surface area contributed by atoms with E-state index in [1.807, 2.05) is 66.7 Å². The van der Waals surface area contributed by atoms with Gasteiger partial charge in [-0.2, -0.15) is 4.68 Å². The van der Waals surface area contributed by atoms with Crippen LogP contribution in [0.1, 0.15) is 11.1 Å². The molecule has 1 heterocycles. The Morgan fingerprint density at radius 2 is 1.67 bits per heavy atom. The van der Waals surface area contributed by atoms with Gasteiger partial charge >= 0.3 is 11.8 Å². The Kier molecular flexibility index (Phi) is 5.80. The molecule has 3 aromatic carbocycles. The Bertz CT molecular complexity index is 1130. The fourth-order valence-corrected chi connectivity index (χ4v) is 2.88. The van der Waals surface area contributed by atoms with Gasteiger partial charge < -0.3 is 19.2 Å². The van der Waals surface area contributed by atoms with E-state index < -0.39 is 5.76 Å². The summed E-state index contributed by atoms with van der Waals surface area (Å²) in [5.41, 5.74) is 3.78. The van der Waals surface area contributed by atoms with Crippen LogP contribution >= 0.6 is 0 Å². The summed E-state index contributed by atoms with van der Waals surface area (Å²) in [7, 11) is 1.39. The van der Waals surface area contributed by atoms with Crippen molar-refractivity contribution in [3.8, 4) is 17.5 Å². The Hall–Kier alpha value is -4.00. The van der Waals surface area contributed by atoms with Crippen LogP contribution in [0.2, 0.25) is 0 Å². The van der Waals surface area contributed by atoms with Crippen molar-refractivity contribution in [3.63, 3.8) is 0 Å². The summed E-state index contributed by atoms with van der Waals surface area (Å²) in [5.74, 6) is 0.238. The first kappa shape index (κ1) is 19.3. The fraction of sp³-hybridized carbons (Fsp3) is 0.130. The van der Waals surface area contributed by atoms with Crippen molar-refractivity contribution in [2.75, 3.05) is 12.4 Å². The Morgan fingerprint density at radius 3 is 2.33 bits per heavy atom. The summed E-state index contributed by atoms with van der Waals surface area (Å²) >= 11 is 0. The van der Waals surface area contributed by atoms with Crippen molar-refractivity contribution in [3.05, 3.63) is 101 Å². The molecule has 0 saturated heterocycles. The van der Waals surface area contributed by atoms with Crippen LogP contribution < -0.4 is 20.5 Å². The lowest BCUT2D eigenvalue weighted by Crippen LogP contribution is -2.13. The van der Waals surface area contributed by atoms with Crippen LogP contribution in [-0.4, -0.2) is 16.9 Å². The van der Waals surface area contributed by atoms with Gasteiger partial charge in [0, 0.05) is 12.2 Å². The molecule has 1 aromatic heterocycles. The van der Waals surface area contributed by atoms with E-state index in [1.54, 1.807) is 12.1 Å². The first-order valence-corrected chi connectivity index (χ1v) is 9.45. The second-order valence-electron chi connectivity index (χ2n) is 6.57. The molecule has 0 bridgehead atoms. The van der Waals surface area contributed by atoms with Gasteiger partial charge in [0.15, 0.2) is 0 Å². The highest BCUT2D eigenvalue weighted by Gasteiger charge is 2.09. The molecule has 30 heavy (non-hydrogen) atoms. The third kappa shape index (κ3) is 4.70. The Balaban J connectivity index is 1.32. The van der Waals surface area contributed by atoms with Gasteiger partial charge in [-0.1, -0.05) is 47.6 Å². The van der Waals surface area contributed by atoms with Gasteiger partial charge in [0.1, 0.15) is 12.4 Å². The number of nitrogens with one attached hydrogen (secondary N) is 1. The van der Waals surface area contributed by atoms with Crippen molar-refractivity contribution in [2.45, 2.75) is 13.2 Å². The lowest BCUT2D eigenvalue weighted by molar-refractivity contribution is 0.282. The molecule has 1 N–H and O–H groups in total. The number of methoxy groups -OCH3 is 1. The normalized spacial score (nSPS) is 10.6. The number of nitrogens with zero attached hydrogens (tertiary/aromatic N) is 2. The van der Waals surface area contributed by atoms with E-state index in [9.17, 15) is 4.79 Å². The number of aromatic nitrogens is 2. The topological polar surface area (TPSA) is 78.5 Å². The highest BCUT2D eigenvalue weighted by Crippen LogP contribution is 2.17. The summed E-state index contributed by atoms with van der Waals surface area (Å²) < 4.78 is 16.7. The molecule has 0 aliphatic carbocycles. The number of ether oxygens (including phenoxy) is 2. The van der Waals surface area contributed by atoms with Crippen molar-refractivity contribution in [1.29, 1.82) is 0 Å². The monoisotopic (exact) mass is 403 g/mol. The van der Waals surface area contributed by atoms with E-state index in [0.717, 1.165) is 27.2 Å². The molecule has 0 aliphatic rings. The van der Waals surface area contributed by atoms with Gasteiger partial charge in [-0.25, -0.2) is 4.79 Å². The van der Waals surface area contributed by atoms with Gasteiger partial charge in [-0.15, -0.1) is 0 Å². The minimum Gasteiger partial charge on any atom is -0.489 e. The summed E-state index contributed by atoms with van der Waals surface area (Å²) in [6.45, 7) is 1.21. The first-order chi connectivity index (χ1) is 14.7. The average molecular weight is 403 g/mol. The number of rotatable bonds is 8. The number of hydrogen-bond donors (Lipinski definition) is 1. The lowest BCUT2D eigenvalue weighted by atomic mass is 10.2. The van der Waals surface area contributed by atoms with Crippen LogP contribution in [0.4, 0.5) is 5.69 Å². The third-order valence-electron chi connectivity index (χ3n) is 4.48. The highest BCUT2D eigenvalue weighted by molar-refractivity contribution is 5.48. The summed E-state index contributed by atoms with van der Waals surface area (Å²) in [5, 5.41) is 7.30. The Morgan fingerprint density at radius 1 is 0.933 bits per heavy atom. The predicted molar refractivity (Wildman–Crippen MR) is 113 cm³/mol. The van der Waals surface area contributed by atoms with Crippen LogP contribution in [-0.2, 0) is 13.2 Å². The summed E-state index contributed by atoms with van der Waals surface area (Å²) in [6.07, 6.45) is -0.0709. The molecule has 0 spiro atoms. The molecule has 0 unspecified atom stereocenters. The maximum absolute atomic E-state index is 11.8. The summed E-state index contributed by atoms with van der Waals surface area (Å²) in [6, 6.07) is 25.4. The standard InChI is InChI=1S/C23H21N3O4/c1-28-22-25-26(23(27)30-22)20-11-9-19(10-12-20)24-15-17-7-13-21(14-8-17)29-16-18-5-3-2-4-6-18/h2-14,24H,15-16H2,1H3. The summed E-state index contributed by atoms with van der Waals surface area (Å²) in [4.78, 5) is 11.8. The van der Waals surface area contributed by atoms with Crippen LogP contribution in [0.5, 0.6) is 11.8 Å². The molecule has 7 heteroatoms. The highest BCUT2D eigenvalue weighted by atomic mass is 16.6. The SMILES string of the molecule is COc1nn(-c2ccc(NCc3ccc(OCc4ccccc4)cc3)cc2)c(=O)o1. The molecule has 4 rings (SSSR count). The maximum atomic E-state index is 11.8. The molecule has 0 amide bonds. The smallest absolute Gasteiger partial charge is 0.444 e. The number of anilines is 1. The van der Waals surface area contributed by atoms with E-state index in [2.05, 4.69) is 10.4 Å². The van der Waals surface area contributed by atoms with Gasteiger partial charge in [0.2, 0.25) is 0 Å².